The lowest BCUT2D eigenvalue weighted by Gasteiger charge is -2.30. The lowest BCUT2D eigenvalue weighted by Crippen LogP contribution is -2.46. The minimum atomic E-state index is -0.905. The van der Waals surface area contributed by atoms with Crippen molar-refractivity contribution in [3.05, 3.63) is 24.3 Å². The minimum absolute atomic E-state index is 0.222. The molecule has 1 aromatic heterocycles. The van der Waals surface area contributed by atoms with Crippen LogP contribution in [0.4, 0.5) is 0 Å². The van der Waals surface area contributed by atoms with Crippen molar-refractivity contribution in [3.63, 3.8) is 0 Å². The van der Waals surface area contributed by atoms with Gasteiger partial charge in [0.1, 0.15) is 17.7 Å². The van der Waals surface area contributed by atoms with E-state index in [1.807, 2.05) is 24.3 Å². The second-order valence-corrected chi connectivity index (χ2v) is 6.44. The highest BCUT2D eigenvalue weighted by Gasteiger charge is 2.50. The van der Waals surface area contributed by atoms with Gasteiger partial charge in [-0.3, -0.25) is 4.79 Å². The summed E-state index contributed by atoms with van der Waals surface area (Å²) in [6.45, 7) is 4.17. The highest BCUT2D eigenvalue weighted by molar-refractivity contribution is 5.73. The van der Waals surface area contributed by atoms with Crippen LogP contribution in [0.15, 0.2) is 24.3 Å². The fourth-order valence-electron chi connectivity index (χ4n) is 3.17. The number of carbonyl (C=O) groups excluding carboxylic acids is 1. The number of hydrogen-bond donors (Lipinski definition) is 0. The molecule has 1 fully saturated rings. The first kappa shape index (κ1) is 18.7. The number of methoxy groups -OCH3 is 2. The quantitative estimate of drug-likeness (QED) is 0.646. The molecule has 26 heavy (non-hydrogen) atoms. The van der Waals surface area contributed by atoms with Crippen LogP contribution in [-0.2, 0) is 28.5 Å². The zero-order valence-electron chi connectivity index (χ0n) is 15.2. The van der Waals surface area contributed by atoms with Crippen molar-refractivity contribution in [1.82, 2.24) is 15.0 Å². The molecule has 142 valence electrons. The van der Waals surface area contributed by atoms with E-state index in [1.54, 1.807) is 25.6 Å². The number of aromatic nitrogens is 3. The van der Waals surface area contributed by atoms with Crippen LogP contribution < -0.4 is 0 Å². The highest BCUT2D eigenvalue weighted by atomic mass is 16.8. The largest absolute Gasteiger partial charge is 0.459 e. The Morgan fingerprint density at radius 1 is 1.31 bits per heavy atom. The molecule has 2 heterocycles. The number of carbonyl (C=O) groups is 1. The van der Waals surface area contributed by atoms with Crippen molar-refractivity contribution in [2.75, 3.05) is 20.8 Å². The van der Waals surface area contributed by atoms with E-state index in [2.05, 4.69) is 10.3 Å². The Balaban J connectivity index is 2.00. The maximum absolute atomic E-state index is 11.1. The molecule has 0 radical (unpaired) electrons. The van der Waals surface area contributed by atoms with E-state index >= 15 is 0 Å². The summed E-state index contributed by atoms with van der Waals surface area (Å²) in [5, 5.41) is 8.38. The van der Waals surface area contributed by atoms with E-state index < -0.39 is 30.3 Å². The average molecular weight is 365 g/mol. The van der Waals surface area contributed by atoms with Crippen molar-refractivity contribution in [1.29, 1.82) is 0 Å². The van der Waals surface area contributed by atoms with Gasteiger partial charge in [-0.15, -0.1) is 5.10 Å². The molecule has 1 saturated heterocycles. The van der Waals surface area contributed by atoms with Gasteiger partial charge in [-0.1, -0.05) is 17.3 Å². The van der Waals surface area contributed by atoms with Gasteiger partial charge in [0.15, 0.2) is 18.1 Å². The Morgan fingerprint density at radius 3 is 2.77 bits per heavy atom. The normalized spacial score (nSPS) is 24.5. The zero-order chi connectivity index (χ0) is 18.7. The summed E-state index contributed by atoms with van der Waals surface area (Å²) in [7, 11) is 3.06. The molecule has 0 N–H and O–H groups in total. The minimum Gasteiger partial charge on any atom is -0.459 e. The first-order valence-corrected chi connectivity index (χ1v) is 8.27. The molecule has 9 heteroatoms. The Kier molecular flexibility index (Phi) is 5.52. The van der Waals surface area contributed by atoms with Crippen LogP contribution >= 0.6 is 0 Å². The third-order valence-corrected chi connectivity index (χ3v) is 4.26. The van der Waals surface area contributed by atoms with Crippen LogP contribution in [0.3, 0.4) is 0 Å². The smallest absolute Gasteiger partial charge is 0.293 e. The molecule has 0 unspecified atom stereocenters. The summed E-state index contributed by atoms with van der Waals surface area (Å²) in [6, 6.07) is 7.52. The van der Waals surface area contributed by atoms with Crippen molar-refractivity contribution in [2.45, 2.75) is 44.2 Å². The Bertz CT molecular complexity index is 749. The number of benzene rings is 1. The fourth-order valence-corrected chi connectivity index (χ4v) is 3.17. The predicted octanol–water partition coefficient (Wildman–Crippen LogP) is 1.28. The van der Waals surface area contributed by atoms with Gasteiger partial charge in [0.05, 0.1) is 12.1 Å². The molecule has 3 rings (SSSR count). The van der Waals surface area contributed by atoms with E-state index in [-0.39, 0.29) is 6.61 Å². The van der Waals surface area contributed by atoms with Gasteiger partial charge in [-0.25, -0.2) is 4.68 Å². The van der Waals surface area contributed by atoms with Crippen LogP contribution in [0.1, 0.15) is 20.1 Å². The van der Waals surface area contributed by atoms with E-state index in [9.17, 15) is 4.79 Å². The van der Waals surface area contributed by atoms with Gasteiger partial charge < -0.3 is 23.7 Å². The standard InChI is InChI=1S/C17H23N3O6/c1-17(2)25-15(14(24-10-21)13(23-4)9-22-3)16(26-17)20-12-8-6-5-7-11(12)18-19-20/h5-8,10,13-16H,9H2,1-4H3/t13-,14-,15+,16-/m1/s1. The van der Waals surface area contributed by atoms with Crippen molar-refractivity contribution >= 4 is 17.5 Å². The molecule has 0 spiro atoms. The fraction of sp³-hybridized carbons (Fsp3) is 0.588. The third-order valence-electron chi connectivity index (χ3n) is 4.26. The Hall–Kier alpha value is -2.07. The molecular formula is C17H23N3O6. The van der Waals surface area contributed by atoms with Crippen molar-refractivity contribution < 1.29 is 28.5 Å². The van der Waals surface area contributed by atoms with Gasteiger partial charge in [-0.05, 0) is 26.0 Å². The predicted molar refractivity (Wildman–Crippen MR) is 90.2 cm³/mol. The molecule has 4 atom stereocenters. The monoisotopic (exact) mass is 365 g/mol. The number of fused-ring (bicyclic) bond motifs is 1. The molecule has 2 aromatic rings. The van der Waals surface area contributed by atoms with Crippen LogP contribution in [0.25, 0.3) is 11.0 Å². The molecule has 0 saturated carbocycles. The molecular weight excluding hydrogens is 342 g/mol. The van der Waals surface area contributed by atoms with Crippen LogP contribution in [-0.4, -0.2) is 66.4 Å². The lowest BCUT2D eigenvalue weighted by molar-refractivity contribution is -0.180. The summed E-state index contributed by atoms with van der Waals surface area (Å²) >= 11 is 0. The molecule has 9 nitrogen and oxygen atoms in total. The average Bonchev–Trinajstić information content (AvgIpc) is 3.18. The van der Waals surface area contributed by atoms with Gasteiger partial charge >= 0.3 is 0 Å². The number of para-hydroxylation sites is 1. The second kappa shape index (κ2) is 7.67. The molecule has 1 aliphatic heterocycles. The van der Waals surface area contributed by atoms with Crippen molar-refractivity contribution in [3.8, 4) is 0 Å². The highest BCUT2D eigenvalue weighted by Crippen LogP contribution is 2.39. The van der Waals surface area contributed by atoms with Gasteiger partial charge in [0.2, 0.25) is 0 Å². The van der Waals surface area contributed by atoms with Crippen molar-refractivity contribution in [2.24, 2.45) is 0 Å². The molecule has 1 aromatic carbocycles. The van der Waals surface area contributed by atoms with Crippen LogP contribution in [0.2, 0.25) is 0 Å². The first-order valence-electron chi connectivity index (χ1n) is 8.27. The van der Waals surface area contributed by atoms with E-state index in [0.717, 1.165) is 11.0 Å². The maximum Gasteiger partial charge on any atom is 0.293 e. The number of ether oxygens (including phenoxy) is 5. The topological polar surface area (TPSA) is 93.9 Å². The summed E-state index contributed by atoms with van der Waals surface area (Å²) in [4.78, 5) is 11.1. The SMILES string of the molecule is COC[C@@H](OC)[C@@H](OC=O)[C@@H]1OC(C)(C)O[C@H]1n1nnc2ccccc21. The number of rotatable bonds is 8. The van der Waals surface area contributed by atoms with Crippen LogP contribution in [0.5, 0.6) is 0 Å². The molecule has 0 amide bonds. The Morgan fingerprint density at radius 2 is 2.08 bits per heavy atom. The summed E-state index contributed by atoms with van der Waals surface area (Å²) in [5.41, 5.74) is 1.52. The lowest BCUT2D eigenvalue weighted by atomic mass is 10.1. The van der Waals surface area contributed by atoms with Gasteiger partial charge in [-0.2, -0.15) is 0 Å². The van der Waals surface area contributed by atoms with E-state index in [1.165, 1.54) is 7.11 Å². The Labute approximate surface area is 151 Å². The number of nitrogens with zero attached hydrogens (tertiary/aromatic N) is 3. The molecule has 0 bridgehead atoms. The first-order chi connectivity index (χ1) is 12.5. The maximum atomic E-state index is 11.1. The third kappa shape index (κ3) is 3.56. The number of hydrogen-bond acceptors (Lipinski definition) is 8. The van der Waals surface area contributed by atoms with E-state index in [0.29, 0.717) is 6.47 Å². The van der Waals surface area contributed by atoms with E-state index in [4.69, 9.17) is 23.7 Å². The zero-order valence-corrected chi connectivity index (χ0v) is 15.2. The van der Waals surface area contributed by atoms with Crippen LogP contribution in [0, 0.1) is 0 Å². The summed E-state index contributed by atoms with van der Waals surface area (Å²) in [6.07, 6.45) is -2.62. The second-order valence-electron chi connectivity index (χ2n) is 6.44. The summed E-state index contributed by atoms with van der Waals surface area (Å²) in [5.74, 6) is -0.905. The van der Waals surface area contributed by atoms with Gasteiger partial charge in [0, 0.05) is 14.2 Å². The van der Waals surface area contributed by atoms with Gasteiger partial charge in [0.25, 0.3) is 6.47 Å². The summed E-state index contributed by atoms with van der Waals surface area (Å²) < 4.78 is 29.7. The molecule has 0 aliphatic carbocycles. The molecule has 1 aliphatic rings.